The number of aldehydes is 1. The summed E-state index contributed by atoms with van der Waals surface area (Å²) < 4.78 is 0. The molecule has 1 aromatic carbocycles. The molecule has 92 valence electrons. The molecule has 0 fully saturated rings. The molecule has 0 heterocycles. The van der Waals surface area contributed by atoms with E-state index in [4.69, 9.17) is 5.73 Å². The molecule has 2 N–H and O–H groups in total. The summed E-state index contributed by atoms with van der Waals surface area (Å²) in [7, 11) is 0. The standard InChI is InChI=1S/C15H21NO/c1-3-10(2)11-5-4-6-12-13(7-8-17)15(16)9-14(11)12/h4-6,8,10,13,15H,3,7,9,16H2,1-2H3. The van der Waals surface area contributed by atoms with Crippen molar-refractivity contribution < 1.29 is 4.79 Å². The van der Waals surface area contributed by atoms with Crippen LogP contribution in [0.5, 0.6) is 0 Å². The van der Waals surface area contributed by atoms with Crippen LogP contribution in [0.25, 0.3) is 0 Å². The molecule has 0 amide bonds. The lowest BCUT2D eigenvalue weighted by Gasteiger charge is -2.15. The largest absolute Gasteiger partial charge is 0.327 e. The summed E-state index contributed by atoms with van der Waals surface area (Å²) in [4.78, 5) is 10.7. The maximum Gasteiger partial charge on any atom is 0.120 e. The monoisotopic (exact) mass is 231 g/mol. The second kappa shape index (κ2) is 5.01. The Morgan fingerprint density at radius 2 is 2.29 bits per heavy atom. The van der Waals surface area contributed by atoms with Crippen LogP contribution in [-0.2, 0) is 11.2 Å². The highest BCUT2D eigenvalue weighted by molar-refractivity contribution is 5.55. The summed E-state index contributed by atoms with van der Waals surface area (Å²) in [5.74, 6) is 0.804. The number of fused-ring (bicyclic) bond motifs is 1. The van der Waals surface area contributed by atoms with Crippen LogP contribution in [0, 0.1) is 0 Å². The minimum atomic E-state index is 0.111. The molecular formula is C15H21NO. The van der Waals surface area contributed by atoms with Crippen molar-refractivity contribution in [1.29, 1.82) is 0 Å². The van der Waals surface area contributed by atoms with E-state index in [-0.39, 0.29) is 12.0 Å². The van der Waals surface area contributed by atoms with Gasteiger partial charge in [0.2, 0.25) is 0 Å². The highest BCUT2D eigenvalue weighted by Gasteiger charge is 2.31. The molecule has 1 aromatic rings. The zero-order chi connectivity index (χ0) is 12.4. The molecule has 2 nitrogen and oxygen atoms in total. The topological polar surface area (TPSA) is 43.1 Å². The zero-order valence-corrected chi connectivity index (χ0v) is 10.6. The molecule has 0 radical (unpaired) electrons. The molecular weight excluding hydrogens is 210 g/mol. The smallest absolute Gasteiger partial charge is 0.120 e. The van der Waals surface area contributed by atoms with Gasteiger partial charge in [0.25, 0.3) is 0 Å². The zero-order valence-electron chi connectivity index (χ0n) is 10.6. The lowest BCUT2D eigenvalue weighted by atomic mass is 9.90. The number of rotatable bonds is 4. The minimum absolute atomic E-state index is 0.111. The first-order valence-corrected chi connectivity index (χ1v) is 6.49. The fraction of sp³-hybridized carbons (Fsp3) is 0.533. The van der Waals surface area contributed by atoms with Gasteiger partial charge in [-0.3, -0.25) is 0 Å². The van der Waals surface area contributed by atoms with Crippen LogP contribution in [0.1, 0.15) is 55.2 Å². The molecule has 1 aliphatic carbocycles. The third kappa shape index (κ3) is 2.14. The van der Waals surface area contributed by atoms with Crippen LogP contribution >= 0.6 is 0 Å². The third-order valence-corrected chi connectivity index (χ3v) is 4.10. The number of carbonyl (C=O) groups excluding carboxylic acids is 1. The molecule has 2 rings (SSSR count). The molecule has 1 aliphatic rings. The molecule has 0 aromatic heterocycles. The lowest BCUT2D eigenvalue weighted by molar-refractivity contribution is -0.108. The van der Waals surface area contributed by atoms with Gasteiger partial charge in [-0.15, -0.1) is 0 Å². The Labute approximate surface area is 103 Å². The van der Waals surface area contributed by atoms with Crippen molar-refractivity contribution in [1.82, 2.24) is 0 Å². The highest BCUT2D eigenvalue weighted by Crippen LogP contribution is 2.38. The summed E-state index contributed by atoms with van der Waals surface area (Å²) in [6.07, 6.45) is 3.62. The van der Waals surface area contributed by atoms with Crippen LogP contribution in [0.15, 0.2) is 18.2 Å². The number of hydrogen-bond donors (Lipinski definition) is 1. The maximum atomic E-state index is 10.7. The molecule has 0 bridgehead atoms. The van der Waals surface area contributed by atoms with Crippen molar-refractivity contribution in [3.8, 4) is 0 Å². The average molecular weight is 231 g/mol. The average Bonchev–Trinajstić information content (AvgIpc) is 2.65. The van der Waals surface area contributed by atoms with E-state index in [0.717, 1.165) is 19.1 Å². The van der Waals surface area contributed by atoms with Gasteiger partial charge < -0.3 is 10.5 Å². The predicted octanol–water partition coefficient (Wildman–Crippen LogP) is 2.76. The number of benzene rings is 1. The van der Waals surface area contributed by atoms with Crippen molar-refractivity contribution in [2.45, 2.75) is 51.0 Å². The maximum absolute atomic E-state index is 10.7. The van der Waals surface area contributed by atoms with Gasteiger partial charge in [0.05, 0.1) is 0 Å². The number of nitrogens with two attached hydrogens (primary N) is 1. The molecule has 17 heavy (non-hydrogen) atoms. The number of hydrogen-bond acceptors (Lipinski definition) is 2. The summed E-state index contributed by atoms with van der Waals surface area (Å²) in [6.45, 7) is 4.47. The van der Waals surface area contributed by atoms with Gasteiger partial charge in [-0.05, 0) is 35.4 Å². The Morgan fingerprint density at radius 3 is 2.94 bits per heavy atom. The van der Waals surface area contributed by atoms with Gasteiger partial charge in [-0.1, -0.05) is 32.0 Å². The second-order valence-electron chi connectivity index (χ2n) is 5.10. The van der Waals surface area contributed by atoms with Crippen LogP contribution in [0.4, 0.5) is 0 Å². The second-order valence-corrected chi connectivity index (χ2v) is 5.10. The SMILES string of the molecule is CCC(C)c1cccc2c1CC(N)C2CC=O. The Kier molecular flexibility index (Phi) is 3.63. The van der Waals surface area contributed by atoms with Gasteiger partial charge in [0, 0.05) is 18.4 Å². The van der Waals surface area contributed by atoms with E-state index < -0.39 is 0 Å². The molecule has 0 saturated heterocycles. The fourth-order valence-electron chi connectivity index (χ4n) is 2.90. The van der Waals surface area contributed by atoms with E-state index in [2.05, 4.69) is 32.0 Å². The quantitative estimate of drug-likeness (QED) is 0.810. The van der Waals surface area contributed by atoms with Crippen molar-refractivity contribution in [2.24, 2.45) is 5.73 Å². The van der Waals surface area contributed by atoms with Crippen LogP contribution in [0.3, 0.4) is 0 Å². The first-order valence-electron chi connectivity index (χ1n) is 6.49. The van der Waals surface area contributed by atoms with E-state index in [1.54, 1.807) is 0 Å². The third-order valence-electron chi connectivity index (χ3n) is 4.10. The molecule has 0 saturated carbocycles. The van der Waals surface area contributed by atoms with Gasteiger partial charge in [0.15, 0.2) is 0 Å². The van der Waals surface area contributed by atoms with Gasteiger partial charge >= 0.3 is 0 Å². The number of carbonyl (C=O) groups is 1. The van der Waals surface area contributed by atoms with E-state index in [0.29, 0.717) is 12.3 Å². The molecule has 3 unspecified atom stereocenters. The molecule has 2 heteroatoms. The van der Waals surface area contributed by atoms with Crippen molar-refractivity contribution >= 4 is 6.29 Å². The molecule has 0 spiro atoms. The Bertz CT molecular complexity index is 413. The summed E-state index contributed by atoms with van der Waals surface area (Å²) >= 11 is 0. The van der Waals surface area contributed by atoms with Crippen molar-refractivity contribution in [2.75, 3.05) is 0 Å². The first-order chi connectivity index (χ1) is 8.19. The van der Waals surface area contributed by atoms with Gasteiger partial charge in [-0.2, -0.15) is 0 Å². The van der Waals surface area contributed by atoms with Gasteiger partial charge in [0.1, 0.15) is 6.29 Å². The van der Waals surface area contributed by atoms with Crippen LogP contribution in [0.2, 0.25) is 0 Å². The molecule has 0 aliphatic heterocycles. The lowest BCUT2D eigenvalue weighted by Crippen LogP contribution is -2.25. The highest BCUT2D eigenvalue weighted by atomic mass is 16.1. The van der Waals surface area contributed by atoms with E-state index >= 15 is 0 Å². The fourth-order valence-corrected chi connectivity index (χ4v) is 2.90. The van der Waals surface area contributed by atoms with E-state index in [1.165, 1.54) is 16.7 Å². The van der Waals surface area contributed by atoms with Crippen LogP contribution in [-0.4, -0.2) is 12.3 Å². The Morgan fingerprint density at radius 1 is 1.53 bits per heavy atom. The summed E-state index contributed by atoms with van der Waals surface area (Å²) in [6, 6.07) is 6.57. The van der Waals surface area contributed by atoms with Crippen molar-refractivity contribution in [3.05, 3.63) is 34.9 Å². The predicted molar refractivity (Wildman–Crippen MR) is 70.2 cm³/mol. The Balaban J connectivity index is 2.41. The summed E-state index contributed by atoms with van der Waals surface area (Å²) in [5, 5.41) is 0. The molecule has 3 atom stereocenters. The minimum Gasteiger partial charge on any atom is -0.327 e. The van der Waals surface area contributed by atoms with E-state index in [1.807, 2.05) is 0 Å². The van der Waals surface area contributed by atoms with Gasteiger partial charge in [-0.25, -0.2) is 0 Å². The van der Waals surface area contributed by atoms with E-state index in [9.17, 15) is 4.79 Å². The Hall–Kier alpha value is -1.15. The summed E-state index contributed by atoms with van der Waals surface area (Å²) in [5.41, 5.74) is 10.3. The van der Waals surface area contributed by atoms with Crippen molar-refractivity contribution in [3.63, 3.8) is 0 Å². The first kappa shape index (κ1) is 12.3. The normalized spacial score (nSPS) is 24.4. The van der Waals surface area contributed by atoms with Crippen LogP contribution < -0.4 is 5.73 Å².